The first kappa shape index (κ1) is 14.7. The first-order chi connectivity index (χ1) is 9.14. The summed E-state index contributed by atoms with van der Waals surface area (Å²) in [6.07, 6.45) is 4.90. The van der Waals surface area contributed by atoms with E-state index in [9.17, 15) is 4.79 Å². The molecule has 0 aromatic rings. The fraction of sp³-hybridized carbons (Fsp3) is 0.786. The lowest BCUT2D eigenvalue weighted by Crippen LogP contribution is -2.24. The number of hydrogen-bond donors (Lipinski definition) is 0. The third-order valence-electron chi connectivity index (χ3n) is 4.25. The van der Waals surface area contributed by atoms with Crippen LogP contribution in [0.4, 0.5) is 0 Å². The molecule has 0 saturated heterocycles. The van der Waals surface area contributed by atoms with E-state index in [2.05, 4.69) is 12.3 Å². The van der Waals surface area contributed by atoms with E-state index < -0.39 is 0 Å². The van der Waals surface area contributed by atoms with Gasteiger partial charge in [0.25, 0.3) is 0 Å². The largest absolute Gasteiger partial charge is 0.501 e. The second-order valence-corrected chi connectivity index (χ2v) is 5.90. The average Bonchev–Trinajstić information content (AvgIpc) is 3.05. The van der Waals surface area contributed by atoms with E-state index >= 15 is 0 Å². The summed E-state index contributed by atoms with van der Waals surface area (Å²) in [7, 11) is 3.37. The maximum absolute atomic E-state index is 12.0. The molecule has 0 amide bonds. The van der Waals surface area contributed by atoms with Crippen molar-refractivity contribution in [3.8, 4) is 0 Å². The molecule has 2 aliphatic carbocycles. The molecule has 19 heavy (non-hydrogen) atoms. The molecule has 0 N–H and O–H groups in total. The molecule has 2 aliphatic rings. The molecule has 0 radical (unpaired) electrons. The molecule has 4 nitrogen and oxygen atoms in total. The van der Waals surface area contributed by atoms with Crippen LogP contribution in [0, 0.1) is 17.8 Å². The standard InChI is InChI=1S/C14H22O4S/c1-5-18-13(15)9-6-10-11(7-12(9)16-2)14(10,17-3)8-19-4/h7,9-11H,5-6,8H2,1-4H3/t9-,10-,11+,14-/m0/s1. The van der Waals surface area contributed by atoms with Crippen molar-refractivity contribution in [2.75, 3.05) is 32.8 Å². The predicted molar refractivity (Wildman–Crippen MR) is 74.9 cm³/mol. The SMILES string of the molecule is CCOC(=O)[C@H]1C[C@H]2[C@@H](C=C1OC)[C@@]2(CSC)OC. The number of carbonyl (C=O) groups is 1. The minimum Gasteiger partial charge on any atom is -0.501 e. The number of fused-ring (bicyclic) bond motifs is 1. The molecule has 0 bridgehead atoms. The number of esters is 1. The normalized spacial score (nSPS) is 36.2. The van der Waals surface area contributed by atoms with Crippen LogP contribution < -0.4 is 0 Å². The van der Waals surface area contributed by atoms with E-state index in [4.69, 9.17) is 14.2 Å². The zero-order chi connectivity index (χ0) is 14.0. The Kier molecular flexibility index (Phi) is 4.46. The summed E-state index contributed by atoms with van der Waals surface area (Å²) in [5.41, 5.74) is -0.121. The quantitative estimate of drug-likeness (QED) is 0.700. The van der Waals surface area contributed by atoms with Gasteiger partial charge in [-0.05, 0) is 31.6 Å². The number of rotatable bonds is 6. The van der Waals surface area contributed by atoms with Gasteiger partial charge in [-0.3, -0.25) is 4.79 Å². The molecule has 1 fully saturated rings. The molecule has 0 unspecified atom stereocenters. The van der Waals surface area contributed by atoms with E-state index in [0.717, 1.165) is 17.9 Å². The second kappa shape index (κ2) is 5.75. The fourth-order valence-corrected chi connectivity index (χ4v) is 4.21. The van der Waals surface area contributed by atoms with E-state index in [-0.39, 0.29) is 17.5 Å². The van der Waals surface area contributed by atoms with Crippen LogP contribution in [-0.4, -0.2) is 44.4 Å². The molecule has 4 atom stereocenters. The first-order valence-electron chi connectivity index (χ1n) is 6.61. The molecule has 108 valence electrons. The highest BCUT2D eigenvalue weighted by Crippen LogP contribution is 2.61. The summed E-state index contributed by atoms with van der Waals surface area (Å²) < 4.78 is 16.3. The van der Waals surface area contributed by atoms with Gasteiger partial charge in [-0.2, -0.15) is 11.8 Å². The Labute approximate surface area is 118 Å². The molecular formula is C14H22O4S. The second-order valence-electron chi connectivity index (χ2n) is 5.04. The van der Waals surface area contributed by atoms with Gasteiger partial charge >= 0.3 is 5.97 Å². The topological polar surface area (TPSA) is 44.8 Å². The average molecular weight is 286 g/mol. The van der Waals surface area contributed by atoms with E-state index in [0.29, 0.717) is 18.4 Å². The van der Waals surface area contributed by atoms with Crippen LogP contribution in [0.3, 0.4) is 0 Å². The van der Waals surface area contributed by atoms with Crippen molar-refractivity contribution in [2.45, 2.75) is 18.9 Å². The Balaban J connectivity index is 2.16. The fourth-order valence-electron chi connectivity index (χ4n) is 3.23. The number of methoxy groups -OCH3 is 2. The Bertz CT molecular complexity index is 382. The van der Waals surface area contributed by atoms with Gasteiger partial charge in [0.15, 0.2) is 0 Å². The highest BCUT2D eigenvalue weighted by atomic mass is 32.2. The zero-order valence-electron chi connectivity index (χ0n) is 12.0. The number of ether oxygens (including phenoxy) is 3. The van der Waals surface area contributed by atoms with Gasteiger partial charge in [0.05, 0.1) is 19.3 Å². The molecule has 0 spiro atoms. The van der Waals surface area contributed by atoms with Crippen molar-refractivity contribution in [3.05, 3.63) is 11.8 Å². The molecule has 0 aliphatic heterocycles. The zero-order valence-corrected chi connectivity index (χ0v) is 12.8. The van der Waals surface area contributed by atoms with Crippen LogP contribution in [0.2, 0.25) is 0 Å². The number of hydrogen-bond acceptors (Lipinski definition) is 5. The molecule has 2 rings (SSSR count). The van der Waals surface area contributed by atoms with Crippen LogP contribution in [0.5, 0.6) is 0 Å². The van der Waals surface area contributed by atoms with Crippen molar-refractivity contribution in [1.82, 2.24) is 0 Å². The lowest BCUT2D eigenvalue weighted by atomic mass is 9.93. The van der Waals surface area contributed by atoms with Gasteiger partial charge in [-0.1, -0.05) is 0 Å². The molecular weight excluding hydrogens is 264 g/mol. The highest BCUT2D eigenvalue weighted by Gasteiger charge is 2.66. The Morgan fingerprint density at radius 3 is 2.79 bits per heavy atom. The monoisotopic (exact) mass is 286 g/mol. The minimum absolute atomic E-state index is 0.121. The summed E-state index contributed by atoms with van der Waals surface area (Å²) in [5.74, 6) is 1.99. The van der Waals surface area contributed by atoms with Gasteiger partial charge in [-0.15, -0.1) is 0 Å². The van der Waals surface area contributed by atoms with Crippen LogP contribution >= 0.6 is 11.8 Å². The van der Waals surface area contributed by atoms with Crippen molar-refractivity contribution < 1.29 is 19.0 Å². The van der Waals surface area contributed by atoms with Gasteiger partial charge in [-0.25, -0.2) is 0 Å². The smallest absolute Gasteiger partial charge is 0.316 e. The summed E-state index contributed by atoms with van der Waals surface area (Å²) in [4.78, 5) is 12.0. The van der Waals surface area contributed by atoms with E-state index in [1.807, 2.05) is 6.92 Å². The van der Waals surface area contributed by atoms with Crippen LogP contribution in [-0.2, 0) is 19.0 Å². The maximum Gasteiger partial charge on any atom is 0.316 e. The van der Waals surface area contributed by atoms with Crippen LogP contribution in [0.1, 0.15) is 13.3 Å². The molecule has 5 heteroatoms. The summed E-state index contributed by atoms with van der Waals surface area (Å²) in [6.45, 7) is 2.23. The van der Waals surface area contributed by atoms with Gasteiger partial charge in [0.2, 0.25) is 0 Å². The van der Waals surface area contributed by atoms with Gasteiger partial charge < -0.3 is 14.2 Å². The van der Waals surface area contributed by atoms with Crippen molar-refractivity contribution >= 4 is 17.7 Å². The summed E-state index contributed by atoms with van der Waals surface area (Å²) in [6, 6.07) is 0. The van der Waals surface area contributed by atoms with Crippen LogP contribution in [0.15, 0.2) is 11.8 Å². The van der Waals surface area contributed by atoms with Gasteiger partial charge in [0.1, 0.15) is 11.7 Å². The Morgan fingerprint density at radius 2 is 2.26 bits per heavy atom. The predicted octanol–water partition coefficient (Wildman–Crippen LogP) is 2.09. The van der Waals surface area contributed by atoms with Gasteiger partial charge in [0, 0.05) is 18.8 Å². The third-order valence-corrected chi connectivity index (χ3v) is 4.99. The number of thioether (sulfide) groups is 1. The van der Waals surface area contributed by atoms with E-state index in [1.165, 1.54) is 0 Å². The Morgan fingerprint density at radius 1 is 1.53 bits per heavy atom. The summed E-state index contributed by atoms with van der Waals surface area (Å²) >= 11 is 1.78. The lowest BCUT2D eigenvalue weighted by Gasteiger charge is -2.20. The number of carbonyl (C=O) groups excluding carboxylic acids is 1. The van der Waals surface area contributed by atoms with Crippen LogP contribution in [0.25, 0.3) is 0 Å². The lowest BCUT2D eigenvalue weighted by molar-refractivity contribution is -0.148. The van der Waals surface area contributed by atoms with Crippen molar-refractivity contribution in [1.29, 1.82) is 0 Å². The molecule has 0 aromatic heterocycles. The molecule has 0 aromatic carbocycles. The summed E-state index contributed by atoms with van der Waals surface area (Å²) in [5, 5.41) is 0. The third kappa shape index (κ3) is 2.38. The highest BCUT2D eigenvalue weighted by molar-refractivity contribution is 7.98. The van der Waals surface area contributed by atoms with E-state index in [1.54, 1.807) is 26.0 Å². The first-order valence-corrected chi connectivity index (χ1v) is 8.00. The molecule has 1 saturated carbocycles. The Hall–Kier alpha value is -0.680. The minimum atomic E-state index is -0.273. The maximum atomic E-state index is 12.0. The van der Waals surface area contributed by atoms with Crippen molar-refractivity contribution in [2.24, 2.45) is 17.8 Å². The molecule has 0 heterocycles. The van der Waals surface area contributed by atoms with Crippen molar-refractivity contribution in [3.63, 3.8) is 0 Å².